The van der Waals surface area contributed by atoms with Gasteiger partial charge >= 0.3 is 0 Å². The SMILES string of the molecule is CC1C(=O)N(CC(=O)C2CCCCC2)C(=O)C1C. The summed E-state index contributed by atoms with van der Waals surface area (Å²) >= 11 is 0. The highest BCUT2D eigenvalue weighted by atomic mass is 16.2. The molecule has 1 saturated carbocycles. The van der Waals surface area contributed by atoms with Gasteiger partial charge in [0, 0.05) is 17.8 Å². The molecule has 1 aliphatic heterocycles. The topological polar surface area (TPSA) is 54.5 Å². The van der Waals surface area contributed by atoms with Crippen molar-refractivity contribution in [2.45, 2.75) is 46.0 Å². The first-order chi connectivity index (χ1) is 8.52. The third kappa shape index (κ3) is 2.33. The Balaban J connectivity index is 1.98. The zero-order valence-electron chi connectivity index (χ0n) is 11.1. The molecule has 2 fully saturated rings. The molecule has 4 nitrogen and oxygen atoms in total. The predicted octanol–water partition coefficient (Wildman–Crippen LogP) is 1.78. The van der Waals surface area contributed by atoms with Gasteiger partial charge in [0.2, 0.25) is 11.8 Å². The molecule has 100 valence electrons. The molecule has 0 radical (unpaired) electrons. The number of hydrogen-bond acceptors (Lipinski definition) is 3. The molecule has 18 heavy (non-hydrogen) atoms. The maximum absolute atomic E-state index is 12.1. The van der Waals surface area contributed by atoms with Gasteiger partial charge in [0.15, 0.2) is 5.78 Å². The number of ketones is 1. The Morgan fingerprint density at radius 1 is 1.06 bits per heavy atom. The van der Waals surface area contributed by atoms with Crippen LogP contribution >= 0.6 is 0 Å². The third-order valence-electron chi connectivity index (χ3n) is 4.44. The van der Waals surface area contributed by atoms with Crippen molar-refractivity contribution >= 4 is 17.6 Å². The normalized spacial score (nSPS) is 30.0. The smallest absolute Gasteiger partial charge is 0.233 e. The van der Waals surface area contributed by atoms with Crippen molar-refractivity contribution in [1.82, 2.24) is 4.90 Å². The molecular weight excluding hydrogens is 230 g/mol. The van der Waals surface area contributed by atoms with Gasteiger partial charge in [-0.2, -0.15) is 0 Å². The summed E-state index contributed by atoms with van der Waals surface area (Å²) in [6.45, 7) is 3.52. The van der Waals surface area contributed by atoms with Crippen LogP contribution in [0.25, 0.3) is 0 Å². The standard InChI is InChI=1S/C14H21NO3/c1-9-10(2)14(18)15(13(9)17)8-12(16)11-6-4-3-5-7-11/h9-11H,3-8H2,1-2H3. The van der Waals surface area contributed by atoms with Crippen LogP contribution in [0.5, 0.6) is 0 Å². The van der Waals surface area contributed by atoms with Crippen LogP contribution in [0.2, 0.25) is 0 Å². The predicted molar refractivity (Wildman–Crippen MR) is 66.6 cm³/mol. The first kappa shape index (κ1) is 13.2. The van der Waals surface area contributed by atoms with Gasteiger partial charge in [-0.3, -0.25) is 19.3 Å². The minimum Gasteiger partial charge on any atom is -0.297 e. The monoisotopic (exact) mass is 251 g/mol. The summed E-state index contributed by atoms with van der Waals surface area (Å²) in [5.74, 6) is -0.801. The second kappa shape index (κ2) is 5.21. The second-order valence-corrected chi connectivity index (χ2v) is 5.64. The molecular formula is C14H21NO3. The first-order valence-corrected chi connectivity index (χ1v) is 6.90. The lowest BCUT2D eigenvalue weighted by Gasteiger charge is -2.22. The number of carbonyl (C=O) groups is 3. The van der Waals surface area contributed by atoms with Gasteiger partial charge in [-0.1, -0.05) is 33.1 Å². The zero-order valence-corrected chi connectivity index (χ0v) is 11.1. The fourth-order valence-corrected chi connectivity index (χ4v) is 2.89. The number of hydrogen-bond donors (Lipinski definition) is 0. The van der Waals surface area contributed by atoms with Crippen LogP contribution in [0, 0.1) is 17.8 Å². The van der Waals surface area contributed by atoms with Gasteiger partial charge in [0.25, 0.3) is 0 Å². The van der Waals surface area contributed by atoms with Crippen LogP contribution in [0.4, 0.5) is 0 Å². The Hall–Kier alpha value is -1.19. The fourth-order valence-electron chi connectivity index (χ4n) is 2.89. The summed E-state index contributed by atoms with van der Waals surface area (Å²) in [7, 11) is 0. The maximum atomic E-state index is 12.1. The number of imide groups is 1. The zero-order chi connectivity index (χ0) is 13.3. The van der Waals surface area contributed by atoms with E-state index in [0.29, 0.717) is 0 Å². The lowest BCUT2D eigenvalue weighted by Crippen LogP contribution is -2.38. The van der Waals surface area contributed by atoms with E-state index >= 15 is 0 Å². The summed E-state index contributed by atoms with van der Waals surface area (Å²) in [6.07, 6.45) is 5.20. The highest BCUT2D eigenvalue weighted by Gasteiger charge is 2.43. The van der Waals surface area contributed by atoms with E-state index in [0.717, 1.165) is 25.7 Å². The van der Waals surface area contributed by atoms with E-state index in [-0.39, 0.29) is 41.9 Å². The van der Waals surface area contributed by atoms with Crippen molar-refractivity contribution in [2.75, 3.05) is 6.54 Å². The molecule has 1 saturated heterocycles. The molecule has 2 amide bonds. The molecule has 4 heteroatoms. The molecule has 2 aliphatic rings. The Morgan fingerprint density at radius 2 is 1.56 bits per heavy atom. The number of Topliss-reactive ketones (excluding diaryl/α,β-unsaturated/α-hetero) is 1. The Morgan fingerprint density at radius 3 is 2.06 bits per heavy atom. The third-order valence-corrected chi connectivity index (χ3v) is 4.44. The fraction of sp³-hybridized carbons (Fsp3) is 0.786. The molecule has 0 aromatic rings. The van der Waals surface area contributed by atoms with Crippen molar-refractivity contribution in [3.8, 4) is 0 Å². The van der Waals surface area contributed by atoms with Gasteiger partial charge in [-0.25, -0.2) is 0 Å². The lowest BCUT2D eigenvalue weighted by molar-refractivity contribution is -0.144. The van der Waals surface area contributed by atoms with Crippen molar-refractivity contribution in [3.63, 3.8) is 0 Å². The molecule has 0 aromatic heterocycles. The highest BCUT2D eigenvalue weighted by molar-refractivity contribution is 6.07. The minimum atomic E-state index is -0.281. The van der Waals surface area contributed by atoms with Gasteiger partial charge in [0.1, 0.15) is 0 Å². The van der Waals surface area contributed by atoms with Gasteiger partial charge in [0.05, 0.1) is 6.54 Å². The van der Waals surface area contributed by atoms with Crippen molar-refractivity contribution in [2.24, 2.45) is 17.8 Å². The molecule has 1 aliphatic carbocycles. The van der Waals surface area contributed by atoms with Crippen LogP contribution in [0.15, 0.2) is 0 Å². The molecule has 0 aromatic carbocycles. The van der Waals surface area contributed by atoms with E-state index in [1.807, 2.05) is 0 Å². The highest BCUT2D eigenvalue weighted by Crippen LogP contribution is 2.28. The molecule has 2 rings (SSSR count). The number of carbonyl (C=O) groups excluding carboxylic acids is 3. The van der Waals surface area contributed by atoms with E-state index in [4.69, 9.17) is 0 Å². The molecule has 0 bridgehead atoms. The average molecular weight is 251 g/mol. The quantitative estimate of drug-likeness (QED) is 0.718. The molecule has 0 spiro atoms. The average Bonchev–Trinajstić information content (AvgIpc) is 2.57. The number of rotatable bonds is 3. The lowest BCUT2D eigenvalue weighted by atomic mass is 9.86. The van der Waals surface area contributed by atoms with Gasteiger partial charge in [-0.05, 0) is 12.8 Å². The first-order valence-electron chi connectivity index (χ1n) is 6.90. The van der Waals surface area contributed by atoms with Crippen LogP contribution in [-0.2, 0) is 14.4 Å². The number of nitrogens with zero attached hydrogens (tertiary/aromatic N) is 1. The Labute approximate surface area is 108 Å². The summed E-state index contributed by atoms with van der Waals surface area (Å²) in [4.78, 5) is 37.1. The van der Waals surface area contributed by atoms with Gasteiger partial charge in [-0.15, -0.1) is 0 Å². The summed E-state index contributed by atoms with van der Waals surface area (Å²) in [5.41, 5.74) is 0. The minimum absolute atomic E-state index is 0.00296. The van der Waals surface area contributed by atoms with E-state index in [1.165, 1.54) is 11.3 Å². The van der Waals surface area contributed by atoms with Crippen LogP contribution < -0.4 is 0 Å². The van der Waals surface area contributed by atoms with E-state index in [2.05, 4.69) is 0 Å². The van der Waals surface area contributed by atoms with Crippen molar-refractivity contribution in [3.05, 3.63) is 0 Å². The molecule has 2 atom stereocenters. The van der Waals surface area contributed by atoms with Gasteiger partial charge < -0.3 is 0 Å². The van der Waals surface area contributed by atoms with Crippen LogP contribution in [-0.4, -0.2) is 29.0 Å². The molecule has 2 unspecified atom stereocenters. The number of amides is 2. The van der Waals surface area contributed by atoms with Crippen molar-refractivity contribution in [1.29, 1.82) is 0 Å². The van der Waals surface area contributed by atoms with E-state index in [9.17, 15) is 14.4 Å². The summed E-state index contributed by atoms with van der Waals surface area (Å²) in [5, 5.41) is 0. The van der Waals surface area contributed by atoms with E-state index in [1.54, 1.807) is 13.8 Å². The molecule has 0 N–H and O–H groups in total. The Kier molecular flexibility index (Phi) is 3.83. The maximum Gasteiger partial charge on any atom is 0.233 e. The van der Waals surface area contributed by atoms with Crippen LogP contribution in [0.1, 0.15) is 46.0 Å². The molecule has 1 heterocycles. The number of likely N-dealkylation sites (tertiary alicyclic amines) is 1. The van der Waals surface area contributed by atoms with E-state index < -0.39 is 0 Å². The van der Waals surface area contributed by atoms with Crippen molar-refractivity contribution < 1.29 is 14.4 Å². The second-order valence-electron chi connectivity index (χ2n) is 5.64. The summed E-state index contributed by atoms with van der Waals surface area (Å²) in [6, 6.07) is 0. The largest absolute Gasteiger partial charge is 0.297 e. The summed E-state index contributed by atoms with van der Waals surface area (Å²) < 4.78 is 0. The Bertz CT molecular complexity index is 351. The van der Waals surface area contributed by atoms with Crippen LogP contribution in [0.3, 0.4) is 0 Å².